The maximum Gasteiger partial charge on any atom is 0.289 e. The molecular formula is C18H14ClN5O3S. The van der Waals surface area contributed by atoms with Gasteiger partial charge in [-0.3, -0.25) is 14.9 Å². The van der Waals surface area contributed by atoms with Crippen LogP contribution in [0.15, 0.2) is 52.6 Å². The van der Waals surface area contributed by atoms with Crippen molar-refractivity contribution in [2.24, 2.45) is 10.1 Å². The molecule has 28 heavy (non-hydrogen) atoms. The lowest BCUT2D eigenvalue weighted by Crippen LogP contribution is -2.29. The molecule has 2 aromatic rings. The molecule has 142 valence electrons. The van der Waals surface area contributed by atoms with E-state index in [1.807, 2.05) is 35.5 Å². The Morgan fingerprint density at radius 2 is 2.18 bits per heavy atom. The Morgan fingerprint density at radius 1 is 1.36 bits per heavy atom. The van der Waals surface area contributed by atoms with Gasteiger partial charge in [0.15, 0.2) is 5.17 Å². The van der Waals surface area contributed by atoms with E-state index in [0.717, 1.165) is 17.7 Å². The minimum atomic E-state index is -0.591. The molecule has 8 nitrogen and oxygen atoms in total. The summed E-state index contributed by atoms with van der Waals surface area (Å²) in [4.78, 5) is 27.3. The fourth-order valence-electron chi connectivity index (χ4n) is 3.04. The molecule has 1 N–H and O–H groups in total. The van der Waals surface area contributed by atoms with Crippen LogP contribution in [0.5, 0.6) is 0 Å². The highest BCUT2D eigenvalue weighted by atomic mass is 35.5. The first-order valence-corrected chi connectivity index (χ1v) is 9.75. The largest absolute Gasteiger partial charge is 0.325 e. The second-order valence-electron chi connectivity index (χ2n) is 6.11. The maximum absolute atomic E-state index is 12.3. The standard InChI is InChI=1S/C18H14ClN5O3S/c19-13-6-5-11(9-16(13)24(26)27)21-17(25)10-28-18-22-14-4-2-1-3-12(14)15-7-8-20-23(15)18/h1-6,8-9,15H,7,10H2,(H,21,25). The number of amidine groups is 1. The molecule has 0 bridgehead atoms. The van der Waals surface area contributed by atoms with Crippen molar-refractivity contribution in [3.8, 4) is 0 Å². The highest BCUT2D eigenvalue weighted by molar-refractivity contribution is 8.14. The molecule has 1 amide bonds. The van der Waals surface area contributed by atoms with Crippen LogP contribution in [0.4, 0.5) is 17.1 Å². The van der Waals surface area contributed by atoms with E-state index in [1.54, 1.807) is 0 Å². The highest BCUT2D eigenvalue weighted by Gasteiger charge is 2.32. The van der Waals surface area contributed by atoms with E-state index in [4.69, 9.17) is 11.6 Å². The number of rotatable bonds is 4. The van der Waals surface area contributed by atoms with Crippen molar-refractivity contribution in [2.75, 3.05) is 11.1 Å². The fourth-order valence-corrected chi connectivity index (χ4v) is 4.03. The minimum Gasteiger partial charge on any atom is -0.325 e. The van der Waals surface area contributed by atoms with Crippen LogP contribution >= 0.6 is 23.4 Å². The Balaban J connectivity index is 1.45. The molecule has 2 aliphatic rings. The molecule has 0 saturated heterocycles. The van der Waals surface area contributed by atoms with Gasteiger partial charge in [0.25, 0.3) is 5.69 Å². The van der Waals surface area contributed by atoms with Crippen molar-refractivity contribution < 1.29 is 9.72 Å². The molecule has 0 aliphatic carbocycles. The van der Waals surface area contributed by atoms with Crippen molar-refractivity contribution in [1.29, 1.82) is 0 Å². The van der Waals surface area contributed by atoms with Crippen LogP contribution in [0.3, 0.4) is 0 Å². The third-order valence-corrected chi connectivity index (χ3v) is 5.56. The molecule has 2 aromatic carbocycles. The number of carbonyl (C=O) groups excluding carboxylic acids is 1. The number of halogens is 1. The molecule has 1 unspecified atom stereocenters. The Labute approximate surface area is 169 Å². The van der Waals surface area contributed by atoms with E-state index in [-0.39, 0.29) is 28.4 Å². The number of thioether (sulfide) groups is 1. The summed E-state index contributed by atoms with van der Waals surface area (Å²) in [6.07, 6.45) is 2.63. The number of hydrogen-bond donors (Lipinski definition) is 1. The van der Waals surface area contributed by atoms with Crippen molar-refractivity contribution in [3.05, 3.63) is 63.2 Å². The first kappa shape index (κ1) is 18.5. The molecule has 2 aliphatic heterocycles. The zero-order valence-electron chi connectivity index (χ0n) is 14.4. The third kappa shape index (κ3) is 3.58. The quantitative estimate of drug-likeness (QED) is 0.590. The second-order valence-corrected chi connectivity index (χ2v) is 7.46. The minimum absolute atomic E-state index is 0.0190. The van der Waals surface area contributed by atoms with Gasteiger partial charge >= 0.3 is 0 Å². The SMILES string of the molecule is O=C(CSC1=Nc2ccccc2C2CC=NN12)Nc1ccc(Cl)c([N+](=O)[O-])c1. The maximum atomic E-state index is 12.3. The van der Waals surface area contributed by atoms with Crippen LogP contribution in [0.1, 0.15) is 18.0 Å². The average molecular weight is 416 g/mol. The molecule has 0 saturated carbocycles. The molecular weight excluding hydrogens is 402 g/mol. The van der Waals surface area contributed by atoms with Gasteiger partial charge in [-0.15, -0.1) is 0 Å². The van der Waals surface area contributed by atoms with Crippen LogP contribution in [-0.2, 0) is 4.79 Å². The van der Waals surface area contributed by atoms with Gasteiger partial charge in [-0.05, 0) is 18.2 Å². The number of amides is 1. The predicted molar refractivity (Wildman–Crippen MR) is 110 cm³/mol. The van der Waals surface area contributed by atoms with Crippen LogP contribution in [-0.4, -0.2) is 33.0 Å². The van der Waals surface area contributed by atoms with Crippen LogP contribution in [0, 0.1) is 10.1 Å². The molecule has 0 aromatic heterocycles. The summed E-state index contributed by atoms with van der Waals surface area (Å²) >= 11 is 7.06. The number of anilines is 1. The summed E-state index contributed by atoms with van der Waals surface area (Å²) in [7, 11) is 0. The van der Waals surface area contributed by atoms with Crippen molar-refractivity contribution in [2.45, 2.75) is 12.5 Å². The Bertz CT molecular complexity index is 1030. The van der Waals surface area contributed by atoms with Gasteiger partial charge in [0.05, 0.1) is 22.4 Å². The van der Waals surface area contributed by atoms with Gasteiger partial charge in [-0.1, -0.05) is 41.6 Å². The lowest BCUT2D eigenvalue weighted by Gasteiger charge is -2.29. The number of benzene rings is 2. The number of hydrazone groups is 1. The molecule has 4 rings (SSSR count). The number of nitrogens with zero attached hydrogens (tertiary/aromatic N) is 4. The van der Waals surface area contributed by atoms with E-state index < -0.39 is 4.92 Å². The smallest absolute Gasteiger partial charge is 0.289 e. The normalized spacial score (nSPS) is 17.0. The monoisotopic (exact) mass is 415 g/mol. The number of nitro benzene ring substituents is 1. The van der Waals surface area contributed by atoms with E-state index in [2.05, 4.69) is 15.4 Å². The van der Waals surface area contributed by atoms with Gasteiger partial charge in [-0.25, -0.2) is 10.0 Å². The molecule has 10 heteroatoms. The van der Waals surface area contributed by atoms with E-state index in [0.29, 0.717) is 10.9 Å². The average Bonchev–Trinajstić information content (AvgIpc) is 3.18. The van der Waals surface area contributed by atoms with Gasteiger partial charge in [-0.2, -0.15) is 5.10 Å². The summed E-state index contributed by atoms with van der Waals surface area (Å²) < 4.78 is 0. The van der Waals surface area contributed by atoms with Gasteiger partial charge in [0.1, 0.15) is 5.02 Å². The lowest BCUT2D eigenvalue weighted by molar-refractivity contribution is -0.384. The van der Waals surface area contributed by atoms with Crippen molar-refractivity contribution >= 4 is 57.7 Å². The summed E-state index contributed by atoms with van der Waals surface area (Å²) in [5.41, 5.74) is 2.05. The number of hydrogen-bond acceptors (Lipinski definition) is 7. The number of aliphatic imine (C=N–C) groups is 1. The van der Waals surface area contributed by atoms with Crippen LogP contribution in [0.2, 0.25) is 5.02 Å². The molecule has 0 spiro atoms. The Kier molecular flexibility index (Phi) is 5.01. The van der Waals surface area contributed by atoms with Gasteiger partial charge in [0, 0.05) is 30.0 Å². The molecule has 1 atom stereocenters. The van der Waals surface area contributed by atoms with E-state index in [9.17, 15) is 14.9 Å². The number of para-hydroxylation sites is 1. The first-order chi connectivity index (χ1) is 13.5. The number of nitro groups is 1. The number of nitrogens with one attached hydrogen (secondary N) is 1. The predicted octanol–water partition coefficient (Wildman–Crippen LogP) is 4.35. The van der Waals surface area contributed by atoms with Crippen molar-refractivity contribution in [3.63, 3.8) is 0 Å². The van der Waals surface area contributed by atoms with Crippen LogP contribution < -0.4 is 5.32 Å². The number of fused-ring (bicyclic) bond motifs is 3. The number of carbonyl (C=O) groups is 1. The fraction of sp³-hybridized carbons (Fsp3) is 0.167. The second kappa shape index (κ2) is 7.61. The van der Waals surface area contributed by atoms with E-state index >= 15 is 0 Å². The van der Waals surface area contributed by atoms with Gasteiger partial charge < -0.3 is 5.32 Å². The summed E-state index contributed by atoms with van der Waals surface area (Å²) in [5, 5.41) is 20.5. The van der Waals surface area contributed by atoms with Gasteiger partial charge in [0.2, 0.25) is 5.91 Å². The summed E-state index contributed by atoms with van der Waals surface area (Å²) in [5.74, 6) is -0.209. The molecule has 2 heterocycles. The Morgan fingerprint density at radius 3 is 3.00 bits per heavy atom. The summed E-state index contributed by atoms with van der Waals surface area (Å²) in [6.45, 7) is 0. The molecule has 0 radical (unpaired) electrons. The Hall–Kier alpha value is -2.91. The zero-order chi connectivity index (χ0) is 19.7. The third-order valence-electron chi connectivity index (χ3n) is 4.30. The van der Waals surface area contributed by atoms with Crippen molar-refractivity contribution in [1.82, 2.24) is 5.01 Å². The summed E-state index contributed by atoms with van der Waals surface area (Å²) in [6, 6.07) is 12.1. The lowest BCUT2D eigenvalue weighted by atomic mass is 10.0. The first-order valence-electron chi connectivity index (χ1n) is 8.39. The zero-order valence-corrected chi connectivity index (χ0v) is 16.0. The van der Waals surface area contributed by atoms with E-state index in [1.165, 1.54) is 30.0 Å². The highest BCUT2D eigenvalue weighted by Crippen LogP contribution is 2.40. The topological polar surface area (TPSA) is 100 Å². The van der Waals surface area contributed by atoms with Crippen LogP contribution in [0.25, 0.3) is 0 Å². The molecule has 0 fully saturated rings.